The molecule has 0 radical (unpaired) electrons. The van der Waals surface area contributed by atoms with E-state index in [1.54, 1.807) is 22.9 Å². The summed E-state index contributed by atoms with van der Waals surface area (Å²) in [5.74, 6) is -1.07. The predicted molar refractivity (Wildman–Crippen MR) is 253 cm³/mol. The number of nitrogens with zero attached hydrogens (tertiary/aromatic N) is 7. The van der Waals surface area contributed by atoms with Gasteiger partial charge in [-0.1, -0.05) is 40.3 Å². The van der Waals surface area contributed by atoms with E-state index in [0.717, 1.165) is 39.0 Å². The molecule has 66 heavy (non-hydrogen) atoms. The monoisotopic (exact) mass is 914 g/mol. The van der Waals surface area contributed by atoms with E-state index in [0.29, 0.717) is 57.1 Å². The molecule has 0 aliphatic carbocycles. The Morgan fingerprint density at radius 2 is 1.89 bits per heavy atom. The minimum absolute atomic E-state index is 0.0191. The summed E-state index contributed by atoms with van der Waals surface area (Å²) < 4.78 is 27.5. The molecule has 3 aliphatic heterocycles. The Labute approximate surface area is 389 Å². The lowest BCUT2D eigenvalue weighted by atomic mass is 9.84. The topological polar surface area (TPSA) is 184 Å². The summed E-state index contributed by atoms with van der Waals surface area (Å²) in [7, 11) is 3.48. The van der Waals surface area contributed by atoms with Gasteiger partial charge < -0.3 is 33.7 Å². The Hall–Kier alpha value is -5.39. The predicted octanol–water partition coefficient (Wildman–Crippen LogP) is 6.04. The van der Waals surface area contributed by atoms with Crippen LogP contribution >= 0.6 is 0 Å². The van der Waals surface area contributed by atoms with Crippen LogP contribution in [0.15, 0.2) is 41.5 Å². The number of aryl methyl sites for hydroxylation is 2. The number of aliphatic imine (C=N–C) groups is 1. The zero-order chi connectivity index (χ0) is 48.2. The van der Waals surface area contributed by atoms with Crippen LogP contribution in [0.5, 0.6) is 0 Å². The van der Waals surface area contributed by atoms with Crippen LogP contribution in [0.4, 0.5) is 4.79 Å². The summed E-state index contributed by atoms with van der Waals surface area (Å²) in [6.45, 7) is 25.6. The van der Waals surface area contributed by atoms with Gasteiger partial charge in [-0.15, -0.1) is 0 Å². The molecule has 2 aromatic heterocycles. The largest absolute Gasteiger partial charge is 0.464 e. The molecule has 3 aromatic rings. The Morgan fingerprint density at radius 3 is 2.53 bits per heavy atom. The summed E-state index contributed by atoms with van der Waals surface area (Å²) in [6.07, 6.45) is 4.13. The van der Waals surface area contributed by atoms with E-state index in [1.807, 2.05) is 67.7 Å². The highest BCUT2D eigenvalue weighted by Crippen LogP contribution is 2.40. The first kappa shape index (κ1) is 50.0. The number of amides is 3. The number of hydrogen-bond donors (Lipinski definition) is 2. The Bertz CT molecular complexity index is 2350. The van der Waals surface area contributed by atoms with Crippen molar-refractivity contribution in [2.75, 3.05) is 40.0 Å². The second kappa shape index (κ2) is 20.6. The summed E-state index contributed by atoms with van der Waals surface area (Å²) in [5.41, 5.74) is 7.37. The number of fused-ring (bicyclic) bond motifs is 6. The van der Waals surface area contributed by atoms with Gasteiger partial charge >= 0.3 is 12.1 Å². The second-order valence-corrected chi connectivity index (χ2v) is 19.8. The maximum atomic E-state index is 14.6. The first-order chi connectivity index (χ1) is 31.2. The summed E-state index contributed by atoms with van der Waals surface area (Å²) in [5, 5.41) is 10.2. The average Bonchev–Trinajstić information content (AvgIpc) is 3.76. The van der Waals surface area contributed by atoms with Gasteiger partial charge in [0.1, 0.15) is 17.7 Å². The lowest BCUT2D eigenvalue weighted by molar-refractivity contribution is -0.155. The molecule has 0 saturated carbocycles. The highest BCUT2D eigenvalue weighted by atomic mass is 16.6. The fourth-order valence-corrected chi connectivity index (χ4v) is 8.81. The molecule has 17 heteroatoms. The van der Waals surface area contributed by atoms with Crippen LogP contribution in [0.3, 0.4) is 0 Å². The fraction of sp³-hybridized carbons (Fsp3) is 0.612. The molecule has 2 fully saturated rings. The number of methoxy groups -OCH3 is 1. The van der Waals surface area contributed by atoms with E-state index >= 15 is 0 Å². The van der Waals surface area contributed by atoms with Gasteiger partial charge in [-0.05, 0) is 90.5 Å². The summed E-state index contributed by atoms with van der Waals surface area (Å²) >= 11 is 0. The smallest absolute Gasteiger partial charge is 0.410 e. The molecule has 4 atom stereocenters. The molecule has 2 saturated heterocycles. The number of rotatable bonds is 12. The quantitative estimate of drug-likeness (QED) is 0.123. The molecule has 360 valence electrons. The van der Waals surface area contributed by atoms with Crippen LogP contribution in [0.2, 0.25) is 0 Å². The van der Waals surface area contributed by atoms with Gasteiger partial charge in [0.25, 0.3) is 5.91 Å². The fourth-order valence-electron chi connectivity index (χ4n) is 8.81. The lowest BCUT2D eigenvalue weighted by Crippen LogP contribution is -2.61. The van der Waals surface area contributed by atoms with E-state index < -0.39 is 47.0 Å². The van der Waals surface area contributed by atoms with Crippen molar-refractivity contribution >= 4 is 46.6 Å². The van der Waals surface area contributed by atoms with Crippen LogP contribution in [-0.2, 0) is 59.8 Å². The summed E-state index contributed by atoms with van der Waals surface area (Å²) in [6, 6.07) is 4.35. The number of cyclic esters (lactones) is 1. The highest BCUT2D eigenvalue weighted by molar-refractivity contribution is 5.95. The molecule has 1 aromatic carbocycles. The number of carbonyl (C=O) groups excluding carboxylic acids is 4. The van der Waals surface area contributed by atoms with Gasteiger partial charge in [-0.2, -0.15) is 5.10 Å². The lowest BCUT2D eigenvalue weighted by Gasteiger charge is -2.40. The van der Waals surface area contributed by atoms with Gasteiger partial charge in [0.05, 0.1) is 55.8 Å². The number of hydrazine groups is 1. The number of benzene rings is 1. The normalized spacial score (nSPS) is 21.0. The molecular weight excluding hydrogens is 843 g/mol. The molecular formula is C49H71N9O8. The van der Waals surface area contributed by atoms with E-state index in [2.05, 4.69) is 54.8 Å². The van der Waals surface area contributed by atoms with Gasteiger partial charge in [0.15, 0.2) is 11.6 Å². The van der Waals surface area contributed by atoms with Crippen molar-refractivity contribution in [2.45, 2.75) is 131 Å². The molecule has 0 unspecified atom stereocenters. The third-order valence-electron chi connectivity index (χ3n) is 12.4. The maximum absolute atomic E-state index is 14.6. The van der Waals surface area contributed by atoms with E-state index in [4.69, 9.17) is 34.0 Å². The Morgan fingerprint density at radius 1 is 1.17 bits per heavy atom. The van der Waals surface area contributed by atoms with Crippen molar-refractivity contribution in [3.63, 3.8) is 0 Å². The number of allylic oxidation sites excluding steroid dienone is 2. The number of esters is 1. The van der Waals surface area contributed by atoms with Crippen LogP contribution in [0.1, 0.15) is 99.2 Å². The van der Waals surface area contributed by atoms with Crippen LogP contribution in [-0.4, -0.2) is 129 Å². The van der Waals surface area contributed by atoms with Gasteiger partial charge in [-0.25, -0.2) is 19.9 Å². The van der Waals surface area contributed by atoms with Crippen molar-refractivity contribution in [1.29, 1.82) is 0 Å². The number of likely N-dealkylation sites (tertiary alicyclic amines) is 1. The number of hydrogen-bond acceptors (Lipinski definition) is 12. The van der Waals surface area contributed by atoms with Crippen molar-refractivity contribution < 1.29 is 38.1 Å². The summed E-state index contributed by atoms with van der Waals surface area (Å²) in [4.78, 5) is 66.6. The number of nitrogens with one attached hydrogen (secondary N) is 2. The molecule has 6 rings (SSSR count). The van der Waals surface area contributed by atoms with E-state index in [1.165, 1.54) is 5.01 Å². The van der Waals surface area contributed by atoms with Crippen molar-refractivity contribution in [1.82, 2.24) is 40.0 Å². The van der Waals surface area contributed by atoms with Gasteiger partial charge in [-0.3, -0.25) is 24.4 Å². The van der Waals surface area contributed by atoms with Crippen LogP contribution in [0.25, 0.3) is 27.9 Å². The van der Waals surface area contributed by atoms with Gasteiger partial charge in [0.2, 0.25) is 5.91 Å². The number of aromatic nitrogens is 4. The Balaban J connectivity index is 1.38. The second-order valence-electron chi connectivity index (χ2n) is 19.8. The molecule has 6 bridgehead atoms. The minimum atomic E-state index is -1.09. The Kier molecular flexibility index (Phi) is 15.6. The zero-order valence-corrected chi connectivity index (χ0v) is 41.0. The zero-order valence-electron chi connectivity index (χ0n) is 41.0. The molecule has 3 amide bonds. The maximum Gasteiger partial charge on any atom is 0.410 e. The molecule has 0 spiro atoms. The standard InChI is InChI=1S/C49H71N9O8/c1-14-33(41(50-15-2)30(6)63-13)42-35-24-49(10,11)28-65-46(61)37-18-17-21-58(53-37)45(60)38(23-40-52-43(55(12)54-40)31-19-20-39(34(35)22-31)57(42)16-3)51-44(59)36(29(4)5)27-64-32-25-56(26-32)47(62)66-48(7,8)9/h14-15,19-20,22,29-30,32,36-38,53H,1,16-18,21,23-28H2,2-13H3,(H,51,59)/b41-33+,50-15?/t30-,36-,37-,38-/m0/s1. The molecule has 17 nitrogen and oxygen atoms in total. The van der Waals surface area contributed by atoms with Crippen molar-refractivity contribution in [3.05, 3.63) is 53.6 Å². The van der Waals surface area contributed by atoms with Crippen molar-refractivity contribution in [3.8, 4) is 11.4 Å². The SMILES string of the molecule is C=C/C(=C(\N=CC)[C@H](C)OC)c1c2c3cc(ccc3n1CC)-c1nc(nn1C)C[C@H](NC(=O)[C@@H](COC1CN(C(=O)OC(C)(C)C)C1)C(C)C)C(=O)N1CCC[C@H](N1)C(=O)OCC(C)(C)C2. The van der Waals surface area contributed by atoms with Crippen LogP contribution in [0, 0.1) is 17.3 Å². The van der Waals surface area contributed by atoms with Crippen molar-refractivity contribution in [2.24, 2.45) is 29.3 Å². The van der Waals surface area contributed by atoms with Gasteiger partial charge in [0, 0.05) is 67.3 Å². The average molecular weight is 914 g/mol. The minimum Gasteiger partial charge on any atom is -0.464 e. The number of carbonyl (C=O) groups is 4. The third-order valence-corrected chi connectivity index (χ3v) is 12.4. The number of ether oxygens (including phenoxy) is 4. The highest BCUT2D eigenvalue weighted by Gasteiger charge is 2.39. The van der Waals surface area contributed by atoms with E-state index in [-0.39, 0.29) is 43.7 Å². The molecule has 5 heterocycles. The first-order valence-corrected chi connectivity index (χ1v) is 23.3. The van der Waals surface area contributed by atoms with Crippen LogP contribution < -0.4 is 10.7 Å². The molecule has 2 N–H and O–H groups in total. The molecule has 3 aliphatic rings. The third kappa shape index (κ3) is 11.2. The van der Waals surface area contributed by atoms with E-state index in [9.17, 15) is 19.2 Å². The first-order valence-electron chi connectivity index (χ1n) is 23.3.